The van der Waals surface area contributed by atoms with Crippen LogP contribution in [0.4, 0.5) is 5.69 Å². The first-order chi connectivity index (χ1) is 8.45. The second-order valence-electron chi connectivity index (χ2n) is 5.63. The first-order valence-electron chi connectivity index (χ1n) is 6.45. The van der Waals surface area contributed by atoms with Crippen LogP contribution in [0.15, 0.2) is 18.2 Å². The summed E-state index contributed by atoms with van der Waals surface area (Å²) in [7, 11) is 0. The van der Waals surface area contributed by atoms with Gasteiger partial charge < -0.3 is 10.0 Å². The number of nitrogens with zero attached hydrogens (tertiary/aromatic N) is 2. The summed E-state index contributed by atoms with van der Waals surface area (Å²) in [5, 5.41) is 18.9. The van der Waals surface area contributed by atoms with Crippen LogP contribution in [0.25, 0.3) is 0 Å². The van der Waals surface area contributed by atoms with Crippen molar-refractivity contribution in [3.05, 3.63) is 29.3 Å². The highest BCUT2D eigenvalue weighted by Gasteiger charge is 2.33. The van der Waals surface area contributed by atoms with Crippen molar-refractivity contribution in [1.82, 2.24) is 0 Å². The standard InChI is InChI=1S/C15H20N2O/c1-11(18)13-6-5-12(10-16)9-14(13)17-8-4-7-15(17,2)3/h5-6,9,11,18H,4,7-8H2,1-3H3/t11-/m0/s1. The lowest BCUT2D eigenvalue weighted by molar-refractivity contribution is 0.199. The third kappa shape index (κ3) is 2.21. The van der Waals surface area contributed by atoms with Gasteiger partial charge >= 0.3 is 0 Å². The summed E-state index contributed by atoms with van der Waals surface area (Å²) in [6, 6.07) is 7.71. The Hall–Kier alpha value is -1.53. The van der Waals surface area contributed by atoms with Crippen molar-refractivity contribution in [2.45, 2.75) is 45.3 Å². The number of nitriles is 1. The van der Waals surface area contributed by atoms with Crippen LogP contribution in [0.2, 0.25) is 0 Å². The number of rotatable bonds is 2. The van der Waals surface area contributed by atoms with Gasteiger partial charge in [-0.25, -0.2) is 0 Å². The zero-order valence-electron chi connectivity index (χ0n) is 11.3. The molecule has 0 bridgehead atoms. The normalized spacial score (nSPS) is 19.6. The quantitative estimate of drug-likeness (QED) is 0.870. The number of benzene rings is 1. The first kappa shape index (κ1) is 12.9. The lowest BCUT2D eigenvalue weighted by Gasteiger charge is -2.35. The third-order valence-electron chi connectivity index (χ3n) is 3.80. The summed E-state index contributed by atoms with van der Waals surface area (Å²) < 4.78 is 0. The zero-order valence-corrected chi connectivity index (χ0v) is 11.3. The van der Waals surface area contributed by atoms with Crippen molar-refractivity contribution in [2.75, 3.05) is 11.4 Å². The molecule has 0 amide bonds. The topological polar surface area (TPSA) is 47.3 Å². The molecule has 0 saturated carbocycles. The smallest absolute Gasteiger partial charge is 0.0992 e. The lowest BCUT2D eigenvalue weighted by Crippen LogP contribution is -2.38. The van der Waals surface area contributed by atoms with Crippen molar-refractivity contribution >= 4 is 5.69 Å². The molecule has 1 aliphatic rings. The van der Waals surface area contributed by atoms with Gasteiger partial charge in [0, 0.05) is 23.3 Å². The zero-order chi connectivity index (χ0) is 13.3. The summed E-state index contributed by atoms with van der Waals surface area (Å²) in [4.78, 5) is 2.32. The molecule has 1 heterocycles. The molecule has 18 heavy (non-hydrogen) atoms. The molecular weight excluding hydrogens is 224 g/mol. The Labute approximate surface area is 109 Å². The Morgan fingerprint density at radius 2 is 2.17 bits per heavy atom. The molecule has 1 fully saturated rings. The van der Waals surface area contributed by atoms with Gasteiger partial charge in [-0.05, 0) is 45.7 Å². The van der Waals surface area contributed by atoms with E-state index in [1.807, 2.05) is 12.1 Å². The molecule has 0 unspecified atom stereocenters. The maximum absolute atomic E-state index is 9.89. The van der Waals surface area contributed by atoms with Gasteiger partial charge in [-0.2, -0.15) is 5.26 Å². The maximum atomic E-state index is 9.89. The summed E-state index contributed by atoms with van der Waals surface area (Å²) in [6.07, 6.45) is 1.79. The van der Waals surface area contributed by atoms with E-state index < -0.39 is 6.10 Å². The SMILES string of the molecule is C[C@H](O)c1ccc(C#N)cc1N1CCCC1(C)C. The van der Waals surface area contributed by atoms with E-state index in [-0.39, 0.29) is 5.54 Å². The lowest BCUT2D eigenvalue weighted by atomic mass is 9.98. The third-order valence-corrected chi connectivity index (χ3v) is 3.80. The number of aliphatic hydroxyl groups excluding tert-OH is 1. The molecule has 1 aromatic carbocycles. The fraction of sp³-hybridized carbons (Fsp3) is 0.533. The molecule has 1 aliphatic heterocycles. The van der Waals surface area contributed by atoms with Crippen molar-refractivity contribution in [2.24, 2.45) is 0 Å². The molecule has 1 atom stereocenters. The molecule has 3 nitrogen and oxygen atoms in total. The van der Waals surface area contributed by atoms with Crippen LogP contribution in [-0.2, 0) is 0 Å². The molecule has 2 rings (SSSR count). The predicted molar refractivity (Wildman–Crippen MR) is 72.4 cm³/mol. The van der Waals surface area contributed by atoms with Gasteiger partial charge in [0.1, 0.15) is 0 Å². The Morgan fingerprint density at radius 3 is 2.67 bits per heavy atom. The van der Waals surface area contributed by atoms with E-state index in [9.17, 15) is 5.11 Å². The van der Waals surface area contributed by atoms with Crippen LogP contribution in [0.5, 0.6) is 0 Å². The van der Waals surface area contributed by atoms with Crippen molar-refractivity contribution < 1.29 is 5.11 Å². The number of aliphatic hydroxyl groups is 1. The van der Waals surface area contributed by atoms with E-state index in [1.54, 1.807) is 13.0 Å². The molecule has 96 valence electrons. The van der Waals surface area contributed by atoms with Gasteiger partial charge in [-0.3, -0.25) is 0 Å². The van der Waals surface area contributed by atoms with Crippen LogP contribution < -0.4 is 4.90 Å². The fourth-order valence-corrected chi connectivity index (χ4v) is 2.75. The maximum Gasteiger partial charge on any atom is 0.0992 e. The summed E-state index contributed by atoms with van der Waals surface area (Å²) >= 11 is 0. The summed E-state index contributed by atoms with van der Waals surface area (Å²) in [5.74, 6) is 0. The van der Waals surface area contributed by atoms with Gasteiger partial charge in [0.2, 0.25) is 0 Å². The van der Waals surface area contributed by atoms with Gasteiger partial charge in [0.05, 0.1) is 17.7 Å². The van der Waals surface area contributed by atoms with E-state index in [4.69, 9.17) is 5.26 Å². The van der Waals surface area contributed by atoms with Crippen molar-refractivity contribution in [3.63, 3.8) is 0 Å². The molecule has 0 aromatic heterocycles. The highest BCUT2D eigenvalue weighted by Crippen LogP contribution is 2.37. The molecule has 1 N–H and O–H groups in total. The molecule has 1 saturated heterocycles. The van der Waals surface area contributed by atoms with Gasteiger partial charge in [-0.1, -0.05) is 6.07 Å². The Balaban J connectivity index is 2.51. The fourth-order valence-electron chi connectivity index (χ4n) is 2.75. The van der Waals surface area contributed by atoms with E-state index in [0.29, 0.717) is 5.56 Å². The molecular formula is C15H20N2O. The average molecular weight is 244 g/mol. The largest absolute Gasteiger partial charge is 0.389 e. The van der Waals surface area contributed by atoms with E-state index in [1.165, 1.54) is 0 Å². The number of hydrogen-bond acceptors (Lipinski definition) is 3. The second kappa shape index (κ2) is 4.62. The van der Waals surface area contributed by atoms with Crippen molar-refractivity contribution in [3.8, 4) is 6.07 Å². The van der Waals surface area contributed by atoms with Crippen LogP contribution in [0.1, 0.15) is 50.8 Å². The van der Waals surface area contributed by atoms with Crippen LogP contribution in [-0.4, -0.2) is 17.2 Å². The Bertz CT molecular complexity index is 486. The second-order valence-corrected chi connectivity index (χ2v) is 5.63. The average Bonchev–Trinajstić information content (AvgIpc) is 2.67. The van der Waals surface area contributed by atoms with Crippen LogP contribution in [0.3, 0.4) is 0 Å². The van der Waals surface area contributed by atoms with Gasteiger partial charge in [-0.15, -0.1) is 0 Å². The number of hydrogen-bond donors (Lipinski definition) is 1. The van der Waals surface area contributed by atoms with E-state index in [2.05, 4.69) is 24.8 Å². The highest BCUT2D eigenvalue weighted by molar-refractivity contribution is 5.60. The van der Waals surface area contributed by atoms with Crippen molar-refractivity contribution in [1.29, 1.82) is 5.26 Å². The molecule has 0 spiro atoms. The summed E-state index contributed by atoms with van der Waals surface area (Å²) in [6.45, 7) is 7.19. The molecule has 3 heteroatoms. The molecule has 0 aliphatic carbocycles. The molecule has 0 radical (unpaired) electrons. The molecule has 1 aromatic rings. The van der Waals surface area contributed by atoms with Gasteiger partial charge in [0.25, 0.3) is 0 Å². The minimum absolute atomic E-state index is 0.0950. The monoisotopic (exact) mass is 244 g/mol. The Morgan fingerprint density at radius 1 is 1.44 bits per heavy atom. The van der Waals surface area contributed by atoms with Crippen LogP contribution >= 0.6 is 0 Å². The van der Waals surface area contributed by atoms with E-state index >= 15 is 0 Å². The highest BCUT2D eigenvalue weighted by atomic mass is 16.3. The summed E-state index contributed by atoms with van der Waals surface area (Å²) in [5.41, 5.74) is 2.66. The Kier molecular flexibility index (Phi) is 3.32. The minimum Gasteiger partial charge on any atom is -0.389 e. The van der Waals surface area contributed by atoms with Gasteiger partial charge in [0.15, 0.2) is 0 Å². The number of anilines is 1. The van der Waals surface area contributed by atoms with E-state index in [0.717, 1.165) is 30.6 Å². The predicted octanol–water partition coefficient (Wildman–Crippen LogP) is 2.99. The van der Waals surface area contributed by atoms with Crippen LogP contribution in [0, 0.1) is 11.3 Å². The first-order valence-corrected chi connectivity index (χ1v) is 6.45. The minimum atomic E-state index is -0.510.